The second kappa shape index (κ2) is 14.5. The van der Waals surface area contributed by atoms with Gasteiger partial charge in [-0.3, -0.25) is 14.5 Å². The van der Waals surface area contributed by atoms with Crippen LogP contribution in [-0.4, -0.2) is 78.5 Å². The van der Waals surface area contributed by atoms with Crippen molar-refractivity contribution in [2.75, 3.05) is 26.0 Å². The first kappa shape index (κ1) is 29.3. The van der Waals surface area contributed by atoms with Gasteiger partial charge in [0, 0.05) is 18.9 Å². The number of carbonyl (C=O) groups excluding carboxylic acids is 2. The number of likely N-dealkylation sites (N-methyl/N-ethyl adjacent to an activating group) is 1. The van der Waals surface area contributed by atoms with Crippen LogP contribution in [0.2, 0.25) is 0 Å². The Bertz CT molecular complexity index is 797. The summed E-state index contributed by atoms with van der Waals surface area (Å²) in [6.07, 6.45) is -0.853. The van der Waals surface area contributed by atoms with Crippen LogP contribution in [0.1, 0.15) is 46.1 Å². The fourth-order valence-electron chi connectivity index (χ4n) is 2.97. The molecule has 1 aromatic rings. The number of benzene rings is 1. The molecule has 0 spiro atoms. The monoisotopic (exact) mass is 482 g/mol. The lowest BCUT2D eigenvalue weighted by Gasteiger charge is -2.31. The van der Waals surface area contributed by atoms with Crippen LogP contribution in [0.25, 0.3) is 0 Å². The van der Waals surface area contributed by atoms with Crippen LogP contribution in [0.15, 0.2) is 18.2 Å². The van der Waals surface area contributed by atoms with Crippen molar-refractivity contribution in [3.8, 4) is 5.75 Å². The van der Waals surface area contributed by atoms with Crippen LogP contribution in [0.3, 0.4) is 0 Å². The zero-order chi connectivity index (χ0) is 25.8. The van der Waals surface area contributed by atoms with E-state index in [0.29, 0.717) is 12.0 Å². The van der Waals surface area contributed by atoms with E-state index in [4.69, 9.17) is 19.3 Å². The number of anilines is 1. The van der Waals surface area contributed by atoms with Gasteiger partial charge in [0.15, 0.2) is 0 Å². The van der Waals surface area contributed by atoms with Crippen molar-refractivity contribution in [1.29, 1.82) is 0 Å². The van der Waals surface area contributed by atoms with Gasteiger partial charge in [0.25, 0.3) is 0 Å². The smallest absolute Gasteiger partial charge is 0.317 e. The molecule has 3 N–H and O–H groups in total. The molecule has 0 aliphatic carbocycles. The molecule has 1 aliphatic heterocycles. The van der Waals surface area contributed by atoms with Crippen LogP contribution >= 0.6 is 0 Å². The molecule has 1 heterocycles. The van der Waals surface area contributed by atoms with E-state index < -0.39 is 24.5 Å². The lowest BCUT2D eigenvalue weighted by molar-refractivity contribution is -0.175. The van der Waals surface area contributed by atoms with E-state index in [2.05, 4.69) is 5.32 Å². The summed E-state index contributed by atoms with van der Waals surface area (Å²) in [5, 5.41) is 21.3. The number of aldehydes is 1. The van der Waals surface area contributed by atoms with Crippen LogP contribution in [0.4, 0.5) is 5.69 Å². The van der Waals surface area contributed by atoms with Crippen LogP contribution in [0, 0.1) is 5.92 Å². The highest BCUT2D eigenvalue weighted by atomic mass is 16.7. The average molecular weight is 483 g/mol. The minimum absolute atomic E-state index is 0.111. The first-order valence-corrected chi connectivity index (χ1v) is 11.3. The van der Waals surface area contributed by atoms with Gasteiger partial charge in [-0.25, -0.2) is 0 Å². The van der Waals surface area contributed by atoms with E-state index in [0.717, 1.165) is 11.3 Å². The molecule has 2 rings (SSSR count). The van der Waals surface area contributed by atoms with Gasteiger partial charge in [-0.1, -0.05) is 19.9 Å². The van der Waals surface area contributed by atoms with E-state index in [1.807, 2.05) is 26.0 Å². The molecular weight excluding hydrogens is 444 g/mol. The number of nitrogens with one attached hydrogen (secondary N) is 1. The number of rotatable bonds is 10. The Morgan fingerprint density at radius 1 is 1.24 bits per heavy atom. The molecule has 10 nitrogen and oxygen atoms in total. The fraction of sp³-hybridized carbons (Fsp3) is 0.625. The third-order valence-corrected chi connectivity index (χ3v) is 4.50. The number of aliphatic carboxylic acids is 1. The van der Waals surface area contributed by atoms with Crippen molar-refractivity contribution in [2.24, 2.45) is 5.92 Å². The van der Waals surface area contributed by atoms with Crippen molar-refractivity contribution < 1.29 is 38.8 Å². The molecule has 3 unspecified atom stereocenters. The summed E-state index contributed by atoms with van der Waals surface area (Å²) < 4.78 is 16.8. The molecule has 3 atom stereocenters. The van der Waals surface area contributed by atoms with E-state index >= 15 is 0 Å². The third-order valence-electron chi connectivity index (χ3n) is 4.50. The zero-order valence-corrected chi connectivity index (χ0v) is 20.8. The molecule has 0 bridgehead atoms. The van der Waals surface area contributed by atoms with E-state index in [-0.39, 0.29) is 43.9 Å². The second-order valence-corrected chi connectivity index (χ2v) is 9.01. The maximum atomic E-state index is 11.7. The van der Waals surface area contributed by atoms with Crippen LogP contribution < -0.4 is 10.1 Å². The van der Waals surface area contributed by atoms with Crippen molar-refractivity contribution in [1.82, 2.24) is 4.90 Å². The Morgan fingerprint density at radius 2 is 1.91 bits per heavy atom. The van der Waals surface area contributed by atoms with Gasteiger partial charge in [0.05, 0.1) is 24.3 Å². The highest BCUT2D eigenvalue weighted by Gasteiger charge is 2.30. The largest absolute Gasteiger partial charge is 0.480 e. The zero-order valence-electron chi connectivity index (χ0n) is 20.8. The van der Waals surface area contributed by atoms with Gasteiger partial charge in [-0.05, 0) is 45.6 Å². The summed E-state index contributed by atoms with van der Waals surface area (Å²) in [6.45, 7) is 7.82. The Morgan fingerprint density at radius 3 is 2.41 bits per heavy atom. The summed E-state index contributed by atoms with van der Waals surface area (Å²) in [6, 6.07) is 5.66. The molecule has 0 amide bonds. The average Bonchev–Trinajstić information content (AvgIpc) is 2.72. The molecule has 192 valence electrons. The van der Waals surface area contributed by atoms with Crippen LogP contribution in [-0.2, 0) is 30.5 Å². The minimum Gasteiger partial charge on any atom is -0.480 e. The topological polar surface area (TPSA) is 135 Å². The molecule has 1 aromatic carbocycles. The number of carbonyl (C=O) groups is 3. The van der Waals surface area contributed by atoms with Gasteiger partial charge in [-0.2, -0.15) is 0 Å². The summed E-state index contributed by atoms with van der Waals surface area (Å²) in [5.41, 5.74) is 1.53. The number of ether oxygens (including phenoxy) is 3. The number of hydrogen-bond acceptors (Lipinski definition) is 9. The lowest BCUT2D eigenvalue weighted by Crippen LogP contribution is -2.39. The van der Waals surface area contributed by atoms with Crippen molar-refractivity contribution in [3.05, 3.63) is 23.8 Å². The first-order valence-electron chi connectivity index (χ1n) is 11.3. The summed E-state index contributed by atoms with van der Waals surface area (Å²) in [7, 11) is 3.43. The Kier molecular flexibility index (Phi) is 12.6. The Hall–Kier alpha value is -2.69. The molecule has 0 saturated carbocycles. The quantitative estimate of drug-likeness (QED) is 0.337. The number of nitrogens with zero attached hydrogens (tertiary/aromatic N) is 1. The van der Waals surface area contributed by atoms with E-state index in [1.54, 1.807) is 38.9 Å². The Labute approximate surface area is 201 Å². The number of carboxylic acids is 1. The highest BCUT2D eigenvalue weighted by Crippen LogP contribution is 2.31. The normalized spacial score (nSPS) is 19.9. The fourth-order valence-corrected chi connectivity index (χ4v) is 2.97. The van der Waals surface area contributed by atoms with Crippen molar-refractivity contribution in [3.63, 3.8) is 0 Å². The van der Waals surface area contributed by atoms with Crippen molar-refractivity contribution >= 4 is 23.9 Å². The number of hydrogen-bond donors (Lipinski definition) is 3. The standard InChI is InChI=1S/C20H29NO6.C4H9NO2/c1-12(2)20(24)25-11-14-5-6-17(21-13(3)4)18(7-14)27-19-9-15(23)8-16(10-22)26-19;1-5(2)3-4(6)7/h5-7,10,12-13,15-16,19,21,23H,8-9,11H2,1-4H3;3H2,1-2H3,(H,6,7). The number of aliphatic hydroxyl groups is 1. The molecule has 0 radical (unpaired) electrons. The van der Waals surface area contributed by atoms with Gasteiger partial charge in [0.2, 0.25) is 6.29 Å². The maximum absolute atomic E-state index is 11.7. The molecule has 1 aliphatic rings. The molecule has 1 fully saturated rings. The predicted molar refractivity (Wildman–Crippen MR) is 127 cm³/mol. The molecule has 0 aromatic heterocycles. The number of esters is 1. The minimum atomic E-state index is -0.787. The lowest BCUT2D eigenvalue weighted by atomic mass is 10.1. The molecular formula is C24H38N2O8. The third kappa shape index (κ3) is 11.4. The molecule has 10 heteroatoms. The Balaban J connectivity index is 0.000000718. The summed E-state index contributed by atoms with van der Waals surface area (Å²) >= 11 is 0. The number of carboxylic acid groups (broad SMARTS) is 1. The molecule has 1 saturated heterocycles. The summed E-state index contributed by atoms with van der Waals surface area (Å²) in [4.78, 5) is 34.1. The van der Waals surface area contributed by atoms with Gasteiger partial charge in [-0.15, -0.1) is 0 Å². The maximum Gasteiger partial charge on any atom is 0.317 e. The SMILES string of the molecule is CC(C)Nc1ccc(COC(=O)C(C)C)cc1OC1CC(O)CC(C=O)O1.CN(C)CC(=O)O. The van der Waals surface area contributed by atoms with E-state index in [1.165, 1.54) is 0 Å². The predicted octanol–water partition coefficient (Wildman–Crippen LogP) is 2.28. The van der Waals surface area contributed by atoms with Crippen molar-refractivity contribution in [2.45, 2.75) is 71.7 Å². The summed E-state index contributed by atoms with van der Waals surface area (Å²) in [5.74, 6) is -0.732. The highest BCUT2D eigenvalue weighted by molar-refractivity contribution is 5.71. The molecule has 34 heavy (non-hydrogen) atoms. The van der Waals surface area contributed by atoms with Gasteiger partial charge < -0.3 is 34.5 Å². The number of aliphatic hydroxyl groups excluding tert-OH is 1. The van der Waals surface area contributed by atoms with Gasteiger partial charge in [0.1, 0.15) is 24.7 Å². The van der Waals surface area contributed by atoms with E-state index in [9.17, 15) is 19.5 Å². The van der Waals surface area contributed by atoms with Gasteiger partial charge >= 0.3 is 11.9 Å². The first-order chi connectivity index (χ1) is 15.9. The van der Waals surface area contributed by atoms with Crippen LogP contribution in [0.5, 0.6) is 5.75 Å². The second-order valence-electron chi connectivity index (χ2n) is 9.01.